The van der Waals surface area contributed by atoms with Gasteiger partial charge in [-0.2, -0.15) is 0 Å². The monoisotopic (exact) mass is 201 g/mol. The number of nitrogens with zero attached hydrogens (tertiary/aromatic N) is 1. The number of carboxylic acids is 1. The second-order valence-corrected chi connectivity index (χ2v) is 4.92. The number of aliphatic carboxylic acids is 1. The molecule has 1 aliphatic rings. The van der Waals surface area contributed by atoms with Gasteiger partial charge in [-0.25, -0.2) is 0 Å². The van der Waals surface area contributed by atoms with Crippen LogP contribution in [0.2, 0.25) is 0 Å². The van der Waals surface area contributed by atoms with Crippen LogP contribution in [0, 0.1) is 0 Å². The summed E-state index contributed by atoms with van der Waals surface area (Å²) in [5.74, 6) is -0.792. The van der Waals surface area contributed by atoms with Crippen LogP contribution in [-0.2, 0) is 4.79 Å². The van der Waals surface area contributed by atoms with Crippen molar-refractivity contribution in [2.45, 2.75) is 44.8 Å². The minimum atomic E-state index is -0.832. The first-order chi connectivity index (χ1) is 6.26. The lowest BCUT2D eigenvalue weighted by molar-refractivity contribution is -0.150. The molecule has 0 bridgehead atoms. The van der Waals surface area contributed by atoms with Crippen molar-refractivity contribution in [3.63, 3.8) is 0 Å². The van der Waals surface area contributed by atoms with Gasteiger partial charge < -0.3 is 10.2 Å². The van der Waals surface area contributed by atoms with Gasteiger partial charge >= 0.3 is 5.97 Å². The van der Waals surface area contributed by atoms with Gasteiger partial charge in [0.2, 0.25) is 0 Å². The predicted octanol–water partition coefficient (Wildman–Crippen LogP) is 0.696. The van der Waals surface area contributed by atoms with Crippen molar-refractivity contribution in [2.24, 2.45) is 0 Å². The Morgan fingerprint density at radius 2 is 2.14 bits per heavy atom. The highest BCUT2D eigenvalue weighted by molar-refractivity contribution is 5.78. The van der Waals surface area contributed by atoms with Crippen LogP contribution in [0.1, 0.15) is 33.6 Å². The molecule has 4 nitrogen and oxygen atoms in total. The summed E-state index contributed by atoms with van der Waals surface area (Å²) in [4.78, 5) is 13.0. The molecule has 1 rings (SSSR count). The number of β-amino-alcohol motifs (C(OH)–C–C–N with tert-alkyl or cyclic N) is 1. The zero-order chi connectivity index (χ0) is 11.0. The smallest absolute Gasteiger partial charge is 0.323 e. The SMILES string of the molecule is CC(C)(O)CN1CCCC1(C)C(=O)O. The maximum absolute atomic E-state index is 11.1. The van der Waals surface area contributed by atoms with Crippen molar-refractivity contribution in [1.29, 1.82) is 0 Å². The summed E-state index contributed by atoms with van der Waals surface area (Å²) in [5, 5.41) is 18.8. The lowest BCUT2D eigenvalue weighted by Crippen LogP contribution is -2.52. The summed E-state index contributed by atoms with van der Waals surface area (Å²) in [6, 6.07) is 0. The van der Waals surface area contributed by atoms with Crippen LogP contribution in [0.3, 0.4) is 0 Å². The Labute approximate surface area is 84.5 Å². The summed E-state index contributed by atoms with van der Waals surface area (Å²) in [6.07, 6.45) is 1.55. The highest BCUT2D eigenvalue weighted by Gasteiger charge is 2.44. The van der Waals surface area contributed by atoms with E-state index in [0.29, 0.717) is 13.0 Å². The van der Waals surface area contributed by atoms with E-state index in [9.17, 15) is 9.90 Å². The molecule has 0 saturated carbocycles. The average Bonchev–Trinajstić information content (AvgIpc) is 2.30. The molecule has 1 fully saturated rings. The fourth-order valence-electron chi connectivity index (χ4n) is 1.98. The number of rotatable bonds is 3. The minimum absolute atomic E-state index is 0.413. The van der Waals surface area contributed by atoms with Crippen molar-refractivity contribution < 1.29 is 15.0 Å². The van der Waals surface area contributed by atoms with Crippen LogP contribution in [0.15, 0.2) is 0 Å². The van der Waals surface area contributed by atoms with Gasteiger partial charge in [0, 0.05) is 6.54 Å². The van der Waals surface area contributed by atoms with Crippen LogP contribution in [0.4, 0.5) is 0 Å². The number of likely N-dealkylation sites (tertiary alicyclic amines) is 1. The van der Waals surface area contributed by atoms with E-state index < -0.39 is 17.1 Å². The molecule has 0 spiro atoms. The molecule has 0 aliphatic carbocycles. The molecule has 1 aliphatic heterocycles. The number of aliphatic hydroxyl groups is 1. The van der Waals surface area contributed by atoms with Crippen LogP contribution in [0.25, 0.3) is 0 Å². The first-order valence-electron chi connectivity index (χ1n) is 4.96. The molecule has 82 valence electrons. The fourth-order valence-corrected chi connectivity index (χ4v) is 1.98. The average molecular weight is 201 g/mol. The largest absolute Gasteiger partial charge is 0.480 e. The summed E-state index contributed by atoms with van der Waals surface area (Å²) < 4.78 is 0. The lowest BCUT2D eigenvalue weighted by Gasteiger charge is -2.35. The van der Waals surface area contributed by atoms with E-state index in [2.05, 4.69) is 0 Å². The Hall–Kier alpha value is -0.610. The number of carbonyl (C=O) groups is 1. The van der Waals surface area contributed by atoms with E-state index in [1.54, 1.807) is 20.8 Å². The van der Waals surface area contributed by atoms with Gasteiger partial charge in [0.1, 0.15) is 5.54 Å². The molecular weight excluding hydrogens is 182 g/mol. The van der Waals surface area contributed by atoms with E-state index in [1.807, 2.05) is 4.90 Å². The topological polar surface area (TPSA) is 60.8 Å². The summed E-state index contributed by atoms with van der Waals surface area (Å²) in [5.41, 5.74) is -1.62. The van der Waals surface area contributed by atoms with Crippen molar-refractivity contribution >= 4 is 5.97 Å². The van der Waals surface area contributed by atoms with Gasteiger partial charge in [-0.1, -0.05) is 0 Å². The van der Waals surface area contributed by atoms with Gasteiger partial charge in [0.05, 0.1) is 5.60 Å². The van der Waals surface area contributed by atoms with E-state index in [-0.39, 0.29) is 0 Å². The summed E-state index contributed by atoms with van der Waals surface area (Å²) in [6.45, 7) is 6.30. The second kappa shape index (κ2) is 3.51. The van der Waals surface area contributed by atoms with E-state index in [4.69, 9.17) is 5.11 Å². The predicted molar refractivity (Wildman–Crippen MR) is 53.1 cm³/mol. The second-order valence-electron chi connectivity index (χ2n) is 4.92. The molecule has 1 unspecified atom stereocenters. The van der Waals surface area contributed by atoms with E-state index in [0.717, 1.165) is 13.0 Å². The van der Waals surface area contributed by atoms with Crippen molar-refractivity contribution in [2.75, 3.05) is 13.1 Å². The minimum Gasteiger partial charge on any atom is -0.480 e. The highest BCUT2D eigenvalue weighted by atomic mass is 16.4. The molecule has 0 amide bonds. The Bertz CT molecular complexity index is 234. The Balaban J connectivity index is 2.74. The Morgan fingerprint density at radius 1 is 1.57 bits per heavy atom. The first-order valence-corrected chi connectivity index (χ1v) is 4.96. The maximum atomic E-state index is 11.1. The molecule has 1 atom stereocenters. The van der Waals surface area contributed by atoms with Gasteiger partial charge in [0.25, 0.3) is 0 Å². The Kier molecular flexibility index (Phi) is 2.88. The Morgan fingerprint density at radius 3 is 2.57 bits per heavy atom. The zero-order valence-corrected chi connectivity index (χ0v) is 9.08. The quantitative estimate of drug-likeness (QED) is 0.705. The van der Waals surface area contributed by atoms with E-state index in [1.165, 1.54) is 0 Å². The molecule has 0 radical (unpaired) electrons. The van der Waals surface area contributed by atoms with Crippen molar-refractivity contribution in [3.8, 4) is 0 Å². The molecule has 0 aromatic rings. The van der Waals surface area contributed by atoms with Crippen LogP contribution >= 0.6 is 0 Å². The normalized spacial score (nSPS) is 29.4. The van der Waals surface area contributed by atoms with Crippen LogP contribution < -0.4 is 0 Å². The molecule has 0 aromatic heterocycles. The van der Waals surface area contributed by atoms with Gasteiger partial charge in [-0.05, 0) is 40.2 Å². The van der Waals surface area contributed by atoms with Gasteiger partial charge in [0.15, 0.2) is 0 Å². The molecule has 0 aromatic carbocycles. The molecule has 2 N–H and O–H groups in total. The number of hydrogen-bond donors (Lipinski definition) is 2. The maximum Gasteiger partial charge on any atom is 0.323 e. The highest BCUT2D eigenvalue weighted by Crippen LogP contribution is 2.30. The van der Waals surface area contributed by atoms with Crippen molar-refractivity contribution in [3.05, 3.63) is 0 Å². The zero-order valence-electron chi connectivity index (χ0n) is 9.08. The number of hydrogen-bond acceptors (Lipinski definition) is 3. The van der Waals surface area contributed by atoms with Crippen molar-refractivity contribution in [1.82, 2.24) is 4.90 Å². The lowest BCUT2D eigenvalue weighted by atomic mass is 9.97. The third kappa shape index (κ3) is 2.25. The van der Waals surface area contributed by atoms with E-state index >= 15 is 0 Å². The summed E-state index contributed by atoms with van der Waals surface area (Å²) in [7, 11) is 0. The molecule has 1 saturated heterocycles. The summed E-state index contributed by atoms with van der Waals surface area (Å²) >= 11 is 0. The third-order valence-corrected chi connectivity index (χ3v) is 2.83. The van der Waals surface area contributed by atoms with Crippen LogP contribution in [0.5, 0.6) is 0 Å². The molecular formula is C10H19NO3. The first kappa shape index (κ1) is 11.5. The molecule has 4 heteroatoms. The van der Waals surface area contributed by atoms with Gasteiger partial charge in [-0.3, -0.25) is 9.69 Å². The fraction of sp³-hybridized carbons (Fsp3) is 0.900. The molecule has 1 heterocycles. The van der Waals surface area contributed by atoms with Gasteiger partial charge in [-0.15, -0.1) is 0 Å². The standard InChI is InChI=1S/C10H19NO3/c1-9(2,14)7-11-6-4-5-10(11,3)8(12)13/h14H,4-7H2,1-3H3,(H,12,13). The van der Waals surface area contributed by atoms with Crippen LogP contribution in [-0.4, -0.2) is 45.3 Å². The third-order valence-electron chi connectivity index (χ3n) is 2.83. The number of carboxylic acid groups (broad SMARTS) is 1. The molecule has 14 heavy (non-hydrogen) atoms.